The van der Waals surface area contributed by atoms with Crippen molar-refractivity contribution in [3.05, 3.63) is 76.6 Å². The van der Waals surface area contributed by atoms with Crippen LogP contribution >= 0.6 is 11.6 Å². The van der Waals surface area contributed by atoms with Crippen LogP contribution in [0.5, 0.6) is 0 Å². The van der Waals surface area contributed by atoms with Gasteiger partial charge in [0.15, 0.2) is 5.69 Å². The summed E-state index contributed by atoms with van der Waals surface area (Å²) < 4.78 is 14.7. The fourth-order valence-electron chi connectivity index (χ4n) is 4.00. The van der Waals surface area contributed by atoms with E-state index in [0.717, 1.165) is 38.3 Å². The molecule has 4 N–H and O–H groups in total. The molecule has 0 unspecified atom stereocenters. The van der Waals surface area contributed by atoms with E-state index in [9.17, 15) is 18.8 Å². The van der Waals surface area contributed by atoms with Crippen molar-refractivity contribution in [1.82, 2.24) is 24.7 Å². The fourth-order valence-corrected chi connectivity index (χ4v) is 4.25. The molecular formula is C25H27ClFN7O3. The first-order valence-electron chi connectivity index (χ1n) is 11.7. The number of nitrogens with two attached hydrogens (primary N) is 1. The minimum absolute atomic E-state index is 0.00482. The fraction of sp³-hybridized carbons (Fsp3) is 0.280. The first kappa shape index (κ1) is 26.3. The highest BCUT2D eigenvalue weighted by atomic mass is 35.5. The second-order valence-corrected chi connectivity index (χ2v) is 9.11. The van der Waals surface area contributed by atoms with Gasteiger partial charge in [-0.2, -0.15) is 0 Å². The number of nitrogens with one attached hydrogen (secondary N) is 2. The molecule has 1 aliphatic heterocycles. The number of primary amides is 1. The van der Waals surface area contributed by atoms with Crippen molar-refractivity contribution in [3.63, 3.8) is 0 Å². The molecule has 0 spiro atoms. The Hall–Kier alpha value is -3.80. The Labute approximate surface area is 218 Å². The lowest BCUT2D eigenvalue weighted by Crippen LogP contribution is -2.47. The standard InChI is InChI=1S/C25H27ClFN7O3/c1-32-10-12-33(13-11-32)9-8-29-25(37)22-21(23(28)35)30-15-34(22)18-5-3-17(4-6-18)31-24(36)19-7-2-16(27)14-20(19)26/h2-7,14-15H,8-13H2,1H3,(H2,28,35)(H,29,37)(H,31,36). The highest BCUT2D eigenvalue weighted by Gasteiger charge is 2.23. The lowest BCUT2D eigenvalue weighted by molar-refractivity contribution is 0.0918. The molecule has 12 heteroatoms. The van der Waals surface area contributed by atoms with E-state index in [2.05, 4.69) is 32.5 Å². The summed E-state index contributed by atoms with van der Waals surface area (Å²) in [5.74, 6) is -2.33. The van der Waals surface area contributed by atoms with Gasteiger partial charge in [-0.1, -0.05) is 11.6 Å². The first-order valence-corrected chi connectivity index (χ1v) is 12.0. The van der Waals surface area contributed by atoms with Crippen molar-refractivity contribution < 1.29 is 18.8 Å². The number of carbonyl (C=O) groups excluding carboxylic acids is 3. The third-order valence-electron chi connectivity index (χ3n) is 6.10. The van der Waals surface area contributed by atoms with Gasteiger partial charge in [0, 0.05) is 50.6 Å². The highest BCUT2D eigenvalue weighted by molar-refractivity contribution is 6.34. The molecule has 0 atom stereocenters. The molecule has 0 radical (unpaired) electrons. The second-order valence-electron chi connectivity index (χ2n) is 8.70. The van der Waals surface area contributed by atoms with Crippen LogP contribution in [-0.4, -0.2) is 83.4 Å². The number of hydrogen-bond donors (Lipinski definition) is 3. The molecule has 1 fully saturated rings. The Balaban J connectivity index is 1.46. The van der Waals surface area contributed by atoms with Crippen LogP contribution in [0.1, 0.15) is 31.3 Å². The number of nitrogens with zero attached hydrogens (tertiary/aromatic N) is 4. The predicted molar refractivity (Wildman–Crippen MR) is 138 cm³/mol. The van der Waals surface area contributed by atoms with E-state index < -0.39 is 23.5 Å². The Morgan fingerprint density at radius 3 is 2.41 bits per heavy atom. The van der Waals surface area contributed by atoms with Gasteiger partial charge in [0.1, 0.15) is 17.8 Å². The van der Waals surface area contributed by atoms with Crippen LogP contribution in [0, 0.1) is 5.82 Å². The maximum absolute atomic E-state index is 13.3. The normalized spacial score (nSPS) is 14.4. The van der Waals surface area contributed by atoms with Crippen LogP contribution in [0.4, 0.5) is 10.1 Å². The zero-order chi connectivity index (χ0) is 26.5. The lowest BCUT2D eigenvalue weighted by atomic mass is 10.2. The molecular weight excluding hydrogens is 501 g/mol. The average Bonchev–Trinajstić information content (AvgIpc) is 3.31. The van der Waals surface area contributed by atoms with Crippen LogP contribution in [0.3, 0.4) is 0 Å². The van der Waals surface area contributed by atoms with Gasteiger partial charge in [-0.25, -0.2) is 9.37 Å². The van der Waals surface area contributed by atoms with Crippen molar-refractivity contribution in [2.45, 2.75) is 0 Å². The number of imidazole rings is 1. The van der Waals surface area contributed by atoms with E-state index in [1.165, 1.54) is 17.0 Å². The number of anilines is 1. The zero-order valence-corrected chi connectivity index (χ0v) is 21.0. The number of amides is 3. The molecule has 3 aromatic rings. The Kier molecular flexibility index (Phi) is 8.17. The van der Waals surface area contributed by atoms with E-state index in [4.69, 9.17) is 17.3 Å². The topological polar surface area (TPSA) is 126 Å². The van der Waals surface area contributed by atoms with E-state index in [0.29, 0.717) is 24.5 Å². The molecule has 0 saturated carbocycles. The van der Waals surface area contributed by atoms with Crippen LogP contribution in [0.2, 0.25) is 5.02 Å². The number of hydrogen-bond acceptors (Lipinski definition) is 6. The van der Waals surface area contributed by atoms with Gasteiger partial charge in [0.25, 0.3) is 17.7 Å². The van der Waals surface area contributed by atoms with E-state index >= 15 is 0 Å². The summed E-state index contributed by atoms with van der Waals surface area (Å²) in [5, 5.41) is 5.54. The molecule has 0 bridgehead atoms. The molecule has 1 aromatic heterocycles. The highest BCUT2D eigenvalue weighted by Crippen LogP contribution is 2.21. The monoisotopic (exact) mass is 527 g/mol. The van der Waals surface area contributed by atoms with Gasteiger partial charge in [0.2, 0.25) is 0 Å². The third-order valence-corrected chi connectivity index (χ3v) is 6.42. The van der Waals surface area contributed by atoms with Crippen molar-refractivity contribution in [1.29, 1.82) is 0 Å². The van der Waals surface area contributed by atoms with Gasteiger partial charge >= 0.3 is 0 Å². The van der Waals surface area contributed by atoms with E-state index in [1.54, 1.807) is 24.3 Å². The minimum Gasteiger partial charge on any atom is -0.364 e. The van der Waals surface area contributed by atoms with Crippen molar-refractivity contribution >= 4 is 35.0 Å². The van der Waals surface area contributed by atoms with Gasteiger partial charge in [0.05, 0.1) is 10.6 Å². The van der Waals surface area contributed by atoms with E-state index in [-0.39, 0.29) is 22.0 Å². The van der Waals surface area contributed by atoms with Gasteiger partial charge in [-0.3, -0.25) is 23.9 Å². The molecule has 3 amide bonds. The average molecular weight is 528 g/mol. The van der Waals surface area contributed by atoms with Gasteiger partial charge < -0.3 is 21.3 Å². The van der Waals surface area contributed by atoms with Crippen molar-refractivity contribution in [2.75, 3.05) is 51.6 Å². The molecule has 1 saturated heterocycles. The Morgan fingerprint density at radius 2 is 1.76 bits per heavy atom. The SMILES string of the molecule is CN1CCN(CCNC(=O)c2c(C(N)=O)ncn2-c2ccc(NC(=O)c3ccc(F)cc3Cl)cc2)CC1. The summed E-state index contributed by atoms with van der Waals surface area (Å²) in [6.45, 7) is 4.88. The predicted octanol–water partition coefficient (Wildman–Crippen LogP) is 1.99. The van der Waals surface area contributed by atoms with Gasteiger partial charge in [-0.05, 0) is 49.5 Å². The van der Waals surface area contributed by atoms with Crippen LogP contribution in [-0.2, 0) is 0 Å². The summed E-state index contributed by atoms with van der Waals surface area (Å²) in [6, 6.07) is 10.0. The molecule has 2 heterocycles. The minimum atomic E-state index is -0.817. The summed E-state index contributed by atoms with van der Waals surface area (Å²) in [6.07, 6.45) is 1.35. The van der Waals surface area contributed by atoms with Crippen LogP contribution in [0.15, 0.2) is 48.8 Å². The Bertz CT molecular complexity index is 1300. The first-order chi connectivity index (χ1) is 17.7. The number of rotatable bonds is 8. The maximum atomic E-state index is 13.3. The molecule has 0 aliphatic carbocycles. The van der Waals surface area contributed by atoms with Crippen LogP contribution < -0.4 is 16.4 Å². The largest absolute Gasteiger partial charge is 0.364 e. The Morgan fingerprint density at radius 1 is 1.05 bits per heavy atom. The molecule has 194 valence electrons. The van der Waals surface area contributed by atoms with E-state index in [1.807, 2.05) is 0 Å². The molecule has 37 heavy (non-hydrogen) atoms. The zero-order valence-electron chi connectivity index (χ0n) is 20.2. The molecule has 10 nitrogen and oxygen atoms in total. The number of benzene rings is 2. The van der Waals surface area contributed by atoms with Crippen LogP contribution in [0.25, 0.3) is 5.69 Å². The number of aromatic nitrogens is 2. The molecule has 1 aliphatic rings. The third kappa shape index (κ3) is 6.31. The summed E-state index contributed by atoms with van der Waals surface area (Å²) >= 11 is 5.97. The molecule has 2 aromatic carbocycles. The number of carbonyl (C=O) groups is 3. The summed E-state index contributed by atoms with van der Waals surface area (Å²) in [7, 11) is 2.08. The number of halogens is 2. The maximum Gasteiger partial charge on any atom is 0.270 e. The van der Waals surface area contributed by atoms with Crippen molar-refractivity contribution in [3.8, 4) is 5.69 Å². The van der Waals surface area contributed by atoms with Gasteiger partial charge in [-0.15, -0.1) is 0 Å². The lowest BCUT2D eigenvalue weighted by Gasteiger charge is -2.32. The number of piperazine rings is 1. The second kappa shape index (κ2) is 11.5. The summed E-state index contributed by atoms with van der Waals surface area (Å²) in [4.78, 5) is 46.1. The smallest absolute Gasteiger partial charge is 0.270 e. The quantitative estimate of drug-likeness (QED) is 0.411. The number of likely N-dealkylation sites (N-methyl/N-ethyl adjacent to an activating group) is 1. The molecule has 4 rings (SSSR count). The summed E-state index contributed by atoms with van der Waals surface area (Å²) in [5.41, 5.74) is 6.46. The van der Waals surface area contributed by atoms with Crippen molar-refractivity contribution in [2.24, 2.45) is 5.73 Å².